The molecule has 0 amide bonds. The van der Waals surface area contributed by atoms with Gasteiger partial charge >= 0.3 is 0 Å². The van der Waals surface area contributed by atoms with Gasteiger partial charge in [-0.05, 0) is 45.2 Å². The summed E-state index contributed by atoms with van der Waals surface area (Å²) in [6, 6.07) is 0.282. The SMILES string of the molecule is NC1CCCCCC1OCCCN1CCCC1. The third kappa shape index (κ3) is 4.57. The Morgan fingerprint density at radius 3 is 2.59 bits per heavy atom. The van der Waals surface area contributed by atoms with E-state index in [-0.39, 0.29) is 6.04 Å². The van der Waals surface area contributed by atoms with E-state index < -0.39 is 0 Å². The molecule has 2 rings (SSSR count). The van der Waals surface area contributed by atoms with Crippen LogP contribution in [0, 0.1) is 0 Å². The van der Waals surface area contributed by atoms with Crippen molar-refractivity contribution in [2.24, 2.45) is 5.73 Å². The van der Waals surface area contributed by atoms with Crippen molar-refractivity contribution in [2.75, 3.05) is 26.2 Å². The molecule has 1 aliphatic heterocycles. The van der Waals surface area contributed by atoms with Crippen LogP contribution < -0.4 is 5.73 Å². The van der Waals surface area contributed by atoms with Gasteiger partial charge in [-0.15, -0.1) is 0 Å². The predicted octanol–water partition coefficient (Wildman–Crippen LogP) is 2.15. The van der Waals surface area contributed by atoms with Crippen molar-refractivity contribution in [3.63, 3.8) is 0 Å². The standard InChI is InChI=1S/C14H28N2O/c15-13-7-2-1-3-8-14(13)17-12-6-11-16-9-4-5-10-16/h13-14H,1-12,15H2. The second-order valence-electron chi connectivity index (χ2n) is 5.61. The summed E-state index contributed by atoms with van der Waals surface area (Å²) in [6.45, 7) is 4.70. The Morgan fingerprint density at radius 1 is 1.00 bits per heavy atom. The molecule has 2 unspecified atom stereocenters. The summed E-state index contributed by atoms with van der Waals surface area (Å²) in [5.41, 5.74) is 6.15. The van der Waals surface area contributed by atoms with Gasteiger partial charge in [0.2, 0.25) is 0 Å². The summed E-state index contributed by atoms with van der Waals surface area (Å²) >= 11 is 0. The van der Waals surface area contributed by atoms with E-state index in [1.165, 1.54) is 64.6 Å². The van der Waals surface area contributed by atoms with E-state index in [9.17, 15) is 0 Å². The lowest BCUT2D eigenvalue weighted by molar-refractivity contribution is 0.0269. The maximum Gasteiger partial charge on any atom is 0.0725 e. The lowest BCUT2D eigenvalue weighted by Gasteiger charge is -2.22. The first-order valence-corrected chi connectivity index (χ1v) is 7.46. The van der Waals surface area contributed by atoms with Gasteiger partial charge in [-0.1, -0.05) is 19.3 Å². The van der Waals surface area contributed by atoms with Crippen LogP contribution in [0.15, 0.2) is 0 Å². The summed E-state index contributed by atoms with van der Waals surface area (Å²) in [5.74, 6) is 0. The maximum atomic E-state index is 6.15. The Morgan fingerprint density at radius 2 is 1.76 bits per heavy atom. The van der Waals surface area contributed by atoms with Crippen LogP contribution in [0.2, 0.25) is 0 Å². The van der Waals surface area contributed by atoms with Crippen LogP contribution in [0.5, 0.6) is 0 Å². The molecule has 0 bridgehead atoms. The molecule has 1 saturated carbocycles. The van der Waals surface area contributed by atoms with E-state index >= 15 is 0 Å². The van der Waals surface area contributed by atoms with Crippen LogP contribution in [-0.4, -0.2) is 43.3 Å². The first kappa shape index (κ1) is 13.3. The monoisotopic (exact) mass is 240 g/mol. The second-order valence-corrected chi connectivity index (χ2v) is 5.61. The highest BCUT2D eigenvalue weighted by Crippen LogP contribution is 2.19. The first-order valence-electron chi connectivity index (χ1n) is 7.46. The van der Waals surface area contributed by atoms with Crippen LogP contribution in [-0.2, 0) is 4.74 Å². The Balaban J connectivity index is 1.56. The lowest BCUT2D eigenvalue weighted by atomic mass is 10.1. The zero-order valence-corrected chi connectivity index (χ0v) is 11.1. The molecule has 2 aliphatic rings. The van der Waals surface area contributed by atoms with Gasteiger partial charge in [0.25, 0.3) is 0 Å². The molecule has 1 aliphatic carbocycles. The van der Waals surface area contributed by atoms with Crippen molar-refractivity contribution in [1.82, 2.24) is 4.90 Å². The van der Waals surface area contributed by atoms with Gasteiger partial charge < -0.3 is 15.4 Å². The largest absolute Gasteiger partial charge is 0.377 e. The number of nitrogens with two attached hydrogens (primary N) is 1. The van der Waals surface area contributed by atoms with Gasteiger partial charge in [0.1, 0.15) is 0 Å². The molecule has 1 heterocycles. The number of nitrogens with zero attached hydrogens (tertiary/aromatic N) is 1. The Labute approximate surface area is 106 Å². The summed E-state index contributed by atoms with van der Waals surface area (Å²) < 4.78 is 5.98. The fraction of sp³-hybridized carbons (Fsp3) is 1.00. The minimum atomic E-state index is 0.282. The summed E-state index contributed by atoms with van der Waals surface area (Å²) in [5, 5.41) is 0. The van der Waals surface area contributed by atoms with Gasteiger partial charge in [0.15, 0.2) is 0 Å². The molecule has 2 atom stereocenters. The maximum absolute atomic E-state index is 6.15. The topological polar surface area (TPSA) is 38.5 Å². The third-order valence-corrected chi connectivity index (χ3v) is 4.15. The van der Waals surface area contributed by atoms with E-state index in [0.717, 1.165) is 13.0 Å². The van der Waals surface area contributed by atoms with Gasteiger partial charge in [0, 0.05) is 19.2 Å². The van der Waals surface area contributed by atoms with E-state index in [4.69, 9.17) is 10.5 Å². The van der Waals surface area contributed by atoms with Crippen LogP contribution in [0.3, 0.4) is 0 Å². The minimum Gasteiger partial charge on any atom is -0.377 e. The highest BCUT2D eigenvalue weighted by molar-refractivity contribution is 4.77. The minimum absolute atomic E-state index is 0.282. The molecule has 0 radical (unpaired) electrons. The number of likely N-dealkylation sites (tertiary alicyclic amines) is 1. The molecule has 1 saturated heterocycles. The van der Waals surface area contributed by atoms with Crippen molar-refractivity contribution < 1.29 is 4.74 Å². The van der Waals surface area contributed by atoms with E-state index in [0.29, 0.717) is 6.10 Å². The van der Waals surface area contributed by atoms with Crippen LogP contribution in [0.4, 0.5) is 0 Å². The molecule has 100 valence electrons. The van der Waals surface area contributed by atoms with Crippen LogP contribution in [0.25, 0.3) is 0 Å². The quantitative estimate of drug-likeness (QED) is 0.591. The number of ether oxygens (including phenoxy) is 1. The smallest absolute Gasteiger partial charge is 0.0725 e. The van der Waals surface area contributed by atoms with Crippen molar-refractivity contribution >= 4 is 0 Å². The average Bonchev–Trinajstić information content (AvgIpc) is 2.76. The summed E-state index contributed by atoms with van der Waals surface area (Å²) in [7, 11) is 0. The Hall–Kier alpha value is -0.120. The molecule has 17 heavy (non-hydrogen) atoms. The van der Waals surface area contributed by atoms with Gasteiger partial charge in [-0.2, -0.15) is 0 Å². The molecule has 0 aromatic rings. The molecule has 0 aromatic heterocycles. The molecular weight excluding hydrogens is 212 g/mol. The van der Waals surface area contributed by atoms with Crippen LogP contribution in [0.1, 0.15) is 51.4 Å². The summed E-state index contributed by atoms with van der Waals surface area (Å²) in [4.78, 5) is 2.55. The van der Waals surface area contributed by atoms with Crippen molar-refractivity contribution in [3.05, 3.63) is 0 Å². The Bertz CT molecular complexity index is 204. The molecular formula is C14H28N2O. The normalized spacial score (nSPS) is 31.6. The van der Waals surface area contributed by atoms with E-state index in [1.54, 1.807) is 0 Å². The van der Waals surface area contributed by atoms with Crippen molar-refractivity contribution in [1.29, 1.82) is 0 Å². The van der Waals surface area contributed by atoms with Crippen molar-refractivity contribution in [2.45, 2.75) is 63.5 Å². The van der Waals surface area contributed by atoms with E-state index in [1.807, 2.05) is 0 Å². The van der Waals surface area contributed by atoms with Gasteiger partial charge in [-0.3, -0.25) is 0 Å². The Kier molecular flexibility index (Phi) is 5.75. The molecule has 3 nitrogen and oxygen atoms in total. The molecule has 3 heteroatoms. The third-order valence-electron chi connectivity index (χ3n) is 4.15. The fourth-order valence-corrected chi connectivity index (χ4v) is 3.04. The lowest BCUT2D eigenvalue weighted by Crippen LogP contribution is -2.36. The highest BCUT2D eigenvalue weighted by Gasteiger charge is 2.20. The second kappa shape index (κ2) is 7.34. The number of rotatable bonds is 5. The molecule has 2 N–H and O–H groups in total. The molecule has 0 spiro atoms. The van der Waals surface area contributed by atoms with Crippen LogP contribution >= 0.6 is 0 Å². The fourth-order valence-electron chi connectivity index (χ4n) is 3.04. The molecule has 2 fully saturated rings. The zero-order chi connectivity index (χ0) is 11.9. The van der Waals surface area contributed by atoms with Crippen molar-refractivity contribution in [3.8, 4) is 0 Å². The predicted molar refractivity (Wildman–Crippen MR) is 71.1 cm³/mol. The van der Waals surface area contributed by atoms with Gasteiger partial charge in [0.05, 0.1) is 6.10 Å². The zero-order valence-electron chi connectivity index (χ0n) is 11.1. The highest BCUT2D eigenvalue weighted by atomic mass is 16.5. The molecule has 0 aromatic carbocycles. The number of hydrogen-bond acceptors (Lipinski definition) is 3. The van der Waals surface area contributed by atoms with E-state index in [2.05, 4.69) is 4.90 Å². The first-order chi connectivity index (χ1) is 8.36. The average molecular weight is 240 g/mol. The number of hydrogen-bond donors (Lipinski definition) is 1. The summed E-state index contributed by atoms with van der Waals surface area (Å²) in [6.07, 6.45) is 10.5. The van der Waals surface area contributed by atoms with Gasteiger partial charge in [-0.25, -0.2) is 0 Å².